The molecule has 0 spiro atoms. The second kappa shape index (κ2) is 4.37. The van der Waals surface area contributed by atoms with Crippen molar-refractivity contribution in [3.05, 3.63) is 72.3 Å². The van der Waals surface area contributed by atoms with Crippen molar-refractivity contribution in [2.24, 2.45) is 0 Å². The topological polar surface area (TPSA) is 42.9 Å². The number of fused-ring (bicyclic) bond motifs is 1. The Bertz CT molecular complexity index is 703. The van der Waals surface area contributed by atoms with E-state index in [1.54, 1.807) is 24.5 Å². The first-order chi connectivity index (χ1) is 8.86. The minimum Gasteiger partial charge on any atom is -0.285 e. The maximum absolute atomic E-state index is 12.3. The van der Waals surface area contributed by atoms with Gasteiger partial charge in [0.05, 0.1) is 0 Å². The summed E-state index contributed by atoms with van der Waals surface area (Å²) < 4.78 is 0. The lowest BCUT2D eigenvalue weighted by Crippen LogP contribution is -2.06. The molecule has 0 amide bonds. The van der Waals surface area contributed by atoms with Gasteiger partial charge in [0.1, 0.15) is 0 Å². The number of ketones is 1. The predicted molar refractivity (Wildman–Crippen MR) is 69.4 cm³/mol. The Morgan fingerprint density at radius 1 is 0.833 bits per heavy atom. The molecular weight excluding hydrogens is 224 g/mol. The molecule has 1 aromatic heterocycles. The fourth-order valence-corrected chi connectivity index (χ4v) is 1.96. The van der Waals surface area contributed by atoms with E-state index >= 15 is 0 Å². The molecule has 18 heavy (non-hydrogen) atoms. The Kier molecular flexibility index (Phi) is 2.57. The van der Waals surface area contributed by atoms with E-state index in [1.807, 2.05) is 36.4 Å². The van der Waals surface area contributed by atoms with Gasteiger partial charge in [0.15, 0.2) is 0 Å². The summed E-state index contributed by atoms with van der Waals surface area (Å²) in [7, 11) is 0. The van der Waals surface area contributed by atoms with E-state index in [0.29, 0.717) is 5.56 Å². The van der Waals surface area contributed by atoms with Gasteiger partial charge in [-0.3, -0.25) is 4.79 Å². The lowest BCUT2D eigenvalue weighted by Gasteiger charge is -2.04. The minimum absolute atomic E-state index is 0.146. The van der Waals surface area contributed by atoms with Gasteiger partial charge in [0, 0.05) is 18.0 Å². The monoisotopic (exact) mass is 234 g/mol. The standard InChI is InChI=1S/C15H10N2O/c18-14(15-16-9-4-10-17-15)13-8-3-6-11-5-1-2-7-12(11)13/h1-10H. The normalized spacial score (nSPS) is 10.4. The van der Waals surface area contributed by atoms with Gasteiger partial charge in [-0.05, 0) is 16.8 Å². The summed E-state index contributed by atoms with van der Waals surface area (Å²) in [5, 5.41) is 1.97. The zero-order chi connectivity index (χ0) is 12.4. The second-order valence-corrected chi connectivity index (χ2v) is 3.93. The first-order valence-corrected chi connectivity index (χ1v) is 5.66. The molecule has 0 saturated carbocycles. The Labute approximate surface area is 104 Å². The highest BCUT2D eigenvalue weighted by molar-refractivity contribution is 6.14. The average molecular weight is 234 g/mol. The molecule has 0 radical (unpaired) electrons. The molecule has 0 aliphatic rings. The van der Waals surface area contributed by atoms with E-state index in [0.717, 1.165) is 10.8 Å². The number of benzene rings is 2. The highest BCUT2D eigenvalue weighted by atomic mass is 16.1. The Hall–Kier alpha value is -2.55. The van der Waals surface area contributed by atoms with E-state index in [9.17, 15) is 4.79 Å². The fourth-order valence-electron chi connectivity index (χ4n) is 1.96. The number of rotatable bonds is 2. The third-order valence-electron chi connectivity index (χ3n) is 2.80. The largest absolute Gasteiger partial charge is 0.285 e. The highest BCUT2D eigenvalue weighted by Gasteiger charge is 2.13. The molecule has 3 heteroatoms. The van der Waals surface area contributed by atoms with Crippen molar-refractivity contribution in [2.75, 3.05) is 0 Å². The van der Waals surface area contributed by atoms with Crippen LogP contribution >= 0.6 is 0 Å². The summed E-state index contributed by atoms with van der Waals surface area (Å²) in [4.78, 5) is 20.3. The van der Waals surface area contributed by atoms with Gasteiger partial charge in [-0.25, -0.2) is 9.97 Å². The quantitative estimate of drug-likeness (QED) is 0.640. The molecule has 3 aromatic rings. The van der Waals surface area contributed by atoms with E-state index in [-0.39, 0.29) is 11.6 Å². The summed E-state index contributed by atoms with van der Waals surface area (Å²) in [6, 6.07) is 15.2. The Morgan fingerprint density at radius 3 is 2.39 bits per heavy atom. The molecule has 0 unspecified atom stereocenters. The first kappa shape index (κ1) is 10.6. The number of aromatic nitrogens is 2. The van der Waals surface area contributed by atoms with Crippen LogP contribution in [0, 0.1) is 0 Å². The first-order valence-electron chi connectivity index (χ1n) is 5.66. The lowest BCUT2D eigenvalue weighted by molar-refractivity contribution is 0.103. The molecule has 0 N–H and O–H groups in total. The van der Waals surface area contributed by atoms with Crippen molar-refractivity contribution < 1.29 is 4.79 Å². The molecule has 0 bridgehead atoms. The van der Waals surface area contributed by atoms with Crippen LogP contribution in [-0.2, 0) is 0 Å². The number of hydrogen-bond donors (Lipinski definition) is 0. The summed E-state index contributed by atoms with van der Waals surface area (Å²) in [5.74, 6) is 0.0845. The summed E-state index contributed by atoms with van der Waals surface area (Å²) in [6.07, 6.45) is 3.15. The van der Waals surface area contributed by atoms with Crippen molar-refractivity contribution in [2.45, 2.75) is 0 Å². The van der Waals surface area contributed by atoms with Crippen molar-refractivity contribution in [1.82, 2.24) is 9.97 Å². The van der Waals surface area contributed by atoms with Gasteiger partial charge < -0.3 is 0 Å². The third kappa shape index (κ3) is 1.76. The molecule has 0 fully saturated rings. The van der Waals surface area contributed by atoms with Crippen LogP contribution in [0.4, 0.5) is 0 Å². The average Bonchev–Trinajstić information content (AvgIpc) is 2.47. The van der Waals surface area contributed by atoms with Crippen molar-refractivity contribution >= 4 is 16.6 Å². The van der Waals surface area contributed by atoms with Gasteiger partial charge in [0.2, 0.25) is 11.6 Å². The van der Waals surface area contributed by atoms with Crippen molar-refractivity contribution in [3.8, 4) is 0 Å². The maximum Gasteiger partial charge on any atom is 0.230 e. The van der Waals surface area contributed by atoms with Crippen LogP contribution in [0.5, 0.6) is 0 Å². The molecule has 0 saturated heterocycles. The number of hydrogen-bond acceptors (Lipinski definition) is 3. The number of carbonyl (C=O) groups is 1. The summed E-state index contributed by atoms with van der Waals surface area (Å²) >= 11 is 0. The van der Waals surface area contributed by atoms with Crippen LogP contribution in [0.15, 0.2) is 60.9 Å². The highest BCUT2D eigenvalue weighted by Crippen LogP contribution is 2.20. The number of nitrogens with zero attached hydrogens (tertiary/aromatic N) is 2. The van der Waals surface area contributed by atoms with Crippen LogP contribution in [0.3, 0.4) is 0 Å². The maximum atomic E-state index is 12.3. The molecule has 0 aliphatic carbocycles. The second-order valence-electron chi connectivity index (χ2n) is 3.93. The Balaban J connectivity index is 2.18. The SMILES string of the molecule is O=C(c1ncccn1)c1cccc2ccccc12. The zero-order valence-electron chi connectivity index (χ0n) is 9.58. The fraction of sp³-hybridized carbons (Fsp3) is 0. The number of carbonyl (C=O) groups excluding carboxylic acids is 1. The van der Waals surface area contributed by atoms with Crippen LogP contribution in [-0.4, -0.2) is 15.8 Å². The smallest absolute Gasteiger partial charge is 0.230 e. The summed E-state index contributed by atoms with van der Waals surface area (Å²) in [6.45, 7) is 0. The van der Waals surface area contributed by atoms with Gasteiger partial charge in [-0.1, -0.05) is 42.5 Å². The molecular formula is C15H10N2O. The van der Waals surface area contributed by atoms with Gasteiger partial charge >= 0.3 is 0 Å². The van der Waals surface area contributed by atoms with Crippen LogP contribution in [0.2, 0.25) is 0 Å². The molecule has 0 atom stereocenters. The molecule has 3 nitrogen and oxygen atoms in total. The molecule has 3 rings (SSSR count). The van der Waals surface area contributed by atoms with Crippen molar-refractivity contribution in [3.63, 3.8) is 0 Å². The van der Waals surface area contributed by atoms with Crippen LogP contribution in [0.25, 0.3) is 10.8 Å². The van der Waals surface area contributed by atoms with Gasteiger partial charge in [-0.2, -0.15) is 0 Å². The van der Waals surface area contributed by atoms with Gasteiger partial charge in [-0.15, -0.1) is 0 Å². The predicted octanol–water partition coefficient (Wildman–Crippen LogP) is 2.86. The van der Waals surface area contributed by atoms with Gasteiger partial charge in [0.25, 0.3) is 0 Å². The van der Waals surface area contributed by atoms with E-state index in [4.69, 9.17) is 0 Å². The minimum atomic E-state index is -0.146. The third-order valence-corrected chi connectivity index (χ3v) is 2.80. The van der Waals surface area contributed by atoms with Crippen LogP contribution in [0.1, 0.15) is 16.2 Å². The molecule has 86 valence electrons. The lowest BCUT2D eigenvalue weighted by atomic mass is 10.0. The molecule has 1 heterocycles. The molecule has 0 aliphatic heterocycles. The Morgan fingerprint density at radius 2 is 1.56 bits per heavy atom. The van der Waals surface area contributed by atoms with E-state index < -0.39 is 0 Å². The van der Waals surface area contributed by atoms with E-state index in [1.165, 1.54) is 0 Å². The summed E-state index contributed by atoms with van der Waals surface area (Å²) in [5.41, 5.74) is 0.638. The van der Waals surface area contributed by atoms with E-state index in [2.05, 4.69) is 9.97 Å². The zero-order valence-corrected chi connectivity index (χ0v) is 9.58. The van der Waals surface area contributed by atoms with Crippen LogP contribution < -0.4 is 0 Å². The molecule has 2 aromatic carbocycles. The van der Waals surface area contributed by atoms with Crippen molar-refractivity contribution in [1.29, 1.82) is 0 Å².